The summed E-state index contributed by atoms with van der Waals surface area (Å²) in [5.41, 5.74) is 1.77. The van der Waals surface area contributed by atoms with Gasteiger partial charge in [0.05, 0.1) is 29.4 Å². The number of carbonyl (C=O) groups excluding carboxylic acids is 1. The lowest BCUT2D eigenvalue weighted by molar-refractivity contribution is 0.0831. The zero-order valence-electron chi connectivity index (χ0n) is 19.0. The number of piperazine rings is 1. The Morgan fingerprint density at radius 3 is 2.56 bits per heavy atom. The Labute approximate surface area is 191 Å². The number of aryl methyl sites for hydroxylation is 1. The van der Waals surface area contributed by atoms with Crippen LogP contribution in [-0.4, -0.2) is 79.2 Å². The summed E-state index contributed by atoms with van der Waals surface area (Å²) in [6.07, 6.45) is 1.61. The Balaban J connectivity index is 1.43. The highest BCUT2D eigenvalue weighted by Crippen LogP contribution is 2.29. The number of hydrogen-bond acceptors (Lipinski definition) is 7. The lowest BCUT2D eigenvalue weighted by atomic mass is 10.2. The van der Waals surface area contributed by atoms with Gasteiger partial charge in [0, 0.05) is 53.4 Å². The molecule has 2 aromatic heterocycles. The van der Waals surface area contributed by atoms with Gasteiger partial charge in [-0.1, -0.05) is 12.1 Å². The molecule has 1 saturated heterocycles. The standard InChI is InChI=1S/C23H29N5O3S/c1-16-19-21(32-20(16)23(30)25(2)3)24-15-28(22(19)29)14-11-26-9-12-27(13-10-26)17-7-5-6-8-18(17)31-4/h5-8,15H,9-14H2,1-4H3. The minimum Gasteiger partial charge on any atom is -0.495 e. The average molecular weight is 456 g/mol. The van der Waals surface area contributed by atoms with E-state index in [0.29, 0.717) is 21.6 Å². The van der Waals surface area contributed by atoms with Crippen LogP contribution in [-0.2, 0) is 6.54 Å². The first-order chi connectivity index (χ1) is 15.4. The fraction of sp³-hybridized carbons (Fsp3) is 0.435. The smallest absolute Gasteiger partial charge is 0.263 e. The molecule has 1 aliphatic heterocycles. The zero-order chi connectivity index (χ0) is 22.8. The van der Waals surface area contributed by atoms with E-state index in [-0.39, 0.29) is 11.5 Å². The maximum absolute atomic E-state index is 13.1. The van der Waals surface area contributed by atoms with Crippen LogP contribution in [0.4, 0.5) is 5.69 Å². The second kappa shape index (κ2) is 9.30. The summed E-state index contributed by atoms with van der Waals surface area (Å²) in [4.78, 5) is 37.4. The monoisotopic (exact) mass is 455 g/mol. The maximum atomic E-state index is 13.1. The van der Waals surface area contributed by atoms with Crippen molar-refractivity contribution in [1.82, 2.24) is 19.4 Å². The van der Waals surface area contributed by atoms with Gasteiger partial charge in [-0.2, -0.15) is 0 Å². The molecule has 0 N–H and O–H groups in total. The zero-order valence-corrected chi connectivity index (χ0v) is 19.8. The summed E-state index contributed by atoms with van der Waals surface area (Å²) in [5.74, 6) is 0.800. The Hall–Kier alpha value is -2.91. The molecule has 1 fully saturated rings. The van der Waals surface area contributed by atoms with Crippen molar-refractivity contribution in [2.75, 3.05) is 58.8 Å². The van der Waals surface area contributed by atoms with Crippen LogP contribution in [0.2, 0.25) is 0 Å². The second-order valence-electron chi connectivity index (χ2n) is 8.18. The Bertz CT molecular complexity index is 1180. The lowest BCUT2D eigenvalue weighted by Gasteiger charge is -2.36. The van der Waals surface area contributed by atoms with E-state index >= 15 is 0 Å². The molecule has 0 radical (unpaired) electrons. The van der Waals surface area contributed by atoms with Crippen LogP contribution in [0.5, 0.6) is 5.75 Å². The first kappa shape index (κ1) is 22.3. The lowest BCUT2D eigenvalue weighted by Crippen LogP contribution is -2.47. The van der Waals surface area contributed by atoms with Gasteiger partial charge in [0.1, 0.15) is 10.6 Å². The number of fused-ring (bicyclic) bond motifs is 1. The molecule has 0 spiro atoms. The van der Waals surface area contributed by atoms with E-state index in [1.54, 1.807) is 32.1 Å². The number of carbonyl (C=O) groups is 1. The average Bonchev–Trinajstić information content (AvgIpc) is 3.15. The molecule has 0 unspecified atom stereocenters. The third-order valence-electron chi connectivity index (χ3n) is 5.97. The van der Waals surface area contributed by atoms with Gasteiger partial charge in [0.15, 0.2) is 0 Å². The summed E-state index contributed by atoms with van der Waals surface area (Å²) in [6, 6.07) is 8.09. The quantitative estimate of drug-likeness (QED) is 0.568. The number of rotatable bonds is 6. The van der Waals surface area contributed by atoms with E-state index in [0.717, 1.165) is 49.7 Å². The molecule has 0 atom stereocenters. The van der Waals surface area contributed by atoms with E-state index in [1.165, 1.54) is 16.2 Å². The van der Waals surface area contributed by atoms with Crippen molar-refractivity contribution < 1.29 is 9.53 Å². The van der Waals surface area contributed by atoms with Gasteiger partial charge in [-0.25, -0.2) is 4.98 Å². The number of benzene rings is 1. The van der Waals surface area contributed by atoms with Crippen LogP contribution < -0.4 is 15.2 Å². The molecule has 1 aliphatic rings. The number of nitrogens with zero attached hydrogens (tertiary/aromatic N) is 5. The highest BCUT2D eigenvalue weighted by molar-refractivity contribution is 7.20. The summed E-state index contributed by atoms with van der Waals surface area (Å²) in [6.45, 7) is 6.84. The van der Waals surface area contributed by atoms with Crippen molar-refractivity contribution in [3.05, 3.63) is 51.4 Å². The molecule has 32 heavy (non-hydrogen) atoms. The second-order valence-corrected chi connectivity index (χ2v) is 9.18. The summed E-state index contributed by atoms with van der Waals surface area (Å²) < 4.78 is 7.16. The summed E-state index contributed by atoms with van der Waals surface area (Å²) in [5, 5.41) is 0.559. The highest BCUT2D eigenvalue weighted by Gasteiger charge is 2.22. The molecular formula is C23H29N5O3S. The van der Waals surface area contributed by atoms with Crippen molar-refractivity contribution in [2.45, 2.75) is 13.5 Å². The van der Waals surface area contributed by atoms with Gasteiger partial charge in [-0.15, -0.1) is 11.3 Å². The fourth-order valence-electron chi connectivity index (χ4n) is 4.08. The Kier molecular flexibility index (Phi) is 6.48. The van der Waals surface area contributed by atoms with Gasteiger partial charge >= 0.3 is 0 Å². The number of para-hydroxylation sites is 2. The fourth-order valence-corrected chi connectivity index (χ4v) is 5.24. The van der Waals surface area contributed by atoms with Crippen LogP contribution in [0, 0.1) is 6.92 Å². The minimum absolute atomic E-state index is 0.0748. The molecule has 3 heterocycles. The van der Waals surface area contributed by atoms with Crippen molar-refractivity contribution in [2.24, 2.45) is 0 Å². The van der Waals surface area contributed by atoms with Crippen LogP contribution >= 0.6 is 11.3 Å². The number of hydrogen-bond donors (Lipinski definition) is 0. The van der Waals surface area contributed by atoms with Gasteiger partial charge in [0.25, 0.3) is 11.5 Å². The number of amides is 1. The number of aromatic nitrogens is 2. The number of thiophene rings is 1. The maximum Gasteiger partial charge on any atom is 0.263 e. The van der Waals surface area contributed by atoms with Gasteiger partial charge in [-0.05, 0) is 24.6 Å². The molecule has 0 saturated carbocycles. The Morgan fingerprint density at radius 2 is 1.88 bits per heavy atom. The van der Waals surface area contributed by atoms with Crippen molar-refractivity contribution in [1.29, 1.82) is 0 Å². The SMILES string of the molecule is COc1ccccc1N1CCN(CCn2cnc3sc(C(=O)N(C)C)c(C)c3c2=O)CC1. The van der Waals surface area contributed by atoms with E-state index in [2.05, 4.69) is 20.9 Å². The molecule has 0 bridgehead atoms. The van der Waals surface area contributed by atoms with E-state index < -0.39 is 0 Å². The minimum atomic E-state index is -0.0932. The number of methoxy groups -OCH3 is 1. The normalized spacial score (nSPS) is 14.7. The van der Waals surface area contributed by atoms with E-state index in [4.69, 9.17) is 4.74 Å². The molecule has 0 aliphatic carbocycles. The van der Waals surface area contributed by atoms with Gasteiger partial charge in [-0.3, -0.25) is 19.1 Å². The third-order valence-corrected chi connectivity index (χ3v) is 7.16. The van der Waals surface area contributed by atoms with E-state index in [1.807, 2.05) is 25.1 Å². The molecule has 9 heteroatoms. The first-order valence-corrected chi connectivity index (χ1v) is 11.5. The molecule has 4 rings (SSSR count). The van der Waals surface area contributed by atoms with Crippen LogP contribution in [0.25, 0.3) is 10.2 Å². The topological polar surface area (TPSA) is 70.9 Å². The van der Waals surface area contributed by atoms with Crippen molar-refractivity contribution in [3.8, 4) is 5.75 Å². The number of anilines is 1. The summed E-state index contributed by atoms with van der Waals surface area (Å²) in [7, 11) is 5.13. The molecule has 3 aromatic rings. The predicted octanol–water partition coefficient (Wildman–Crippen LogP) is 2.30. The molecule has 8 nitrogen and oxygen atoms in total. The van der Waals surface area contributed by atoms with Crippen LogP contribution in [0.1, 0.15) is 15.2 Å². The largest absolute Gasteiger partial charge is 0.495 e. The molecule has 170 valence electrons. The Morgan fingerprint density at radius 1 is 1.16 bits per heavy atom. The van der Waals surface area contributed by atoms with Crippen molar-refractivity contribution in [3.63, 3.8) is 0 Å². The molecular weight excluding hydrogens is 426 g/mol. The predicted molar refractivity (Wildman–Crippen MR) is 128 cm³/mol. The number of ether oxygens (including phenoxy) is 1. The van der Waals surface area contributed by atoms with Gasteiger partial charge in [0.2, 0.25) is 0 Å². The van der Waals surface area contributed by atoms with Crippen molar-refractivity contribution >= 4 is 33.1 Å². The molecule has 1 amide bonds. The van der Waals surface area contributed by atoms with E-state index in [9.17, 15) is 9.59 Å². The van der Waals surface area contributed by atoms with Crippen LogP contribution in [0.15, 0.2) is 35.4 Å². The van der Waals surface area contributed by atoms with Gasteiger partial charge < -0.3 is 14.5 Å². The molecule has 1 aromatic carbocycles. The highest BCUT2D eigenvalue weighted by atomic mass is 32.1. The first-order valence-electron chi connectivity index (χ1n) is 10.7. The summed E-state index contributed by atoms with van der Waals surface area (Å²) >= 11 is 1.29. The third kappa shape index (κ3) is 4.22. The van der Waals surface area contributed by atoms with Crippen LogP contribution in [0.3, 0.4) is 0 Å².